The third-order valence-electron chi connectivity index (χ3n) is 1.33. The van der Waals surface area contributed by atoms with E-state index < -0.39 is 0 Å². The van der Waals surface area contributed by atoms with E-state index in [2.05, 4.69) is 29.6 Å². The summed E-state index contributed by atoms with van der Waals surface area (Å²) in [6, 6.07) is 0. The summed E-state index contributed by atoms with van der Waals surface area (Å²) in [4.78, 5) is 4.08. The molecule has 0 aromatic carbocycles. The van der Waals surface area contributed by atoms with Crippen LogP contribution in [-0.2, 0) is 13.0 Å². The summed E-state index contributed by atoms with van der Waals surface area (Å²) in [5.74, 6) is 1.86. The smallest absolute Gasteiger partial charge is 0.138 e. The maximum absolute atomic E-state index is 4.11. The van der Waals surface area contributed by atoms with Crippen LogP contribution in [0.4, 0.5) is 0 Å². The predicted molar refractivity (Wildman–Crippen MR) is 43.3 cm³/mol. The maximum atomic E-state index is 4.11. The molecular weight excluding hydrogens is 146 g/mol. The van der Waals surface area contributed by atoms with Crippen molar-refractivity contribution < 1.29 is 0 Å². The first-order valence-corrected chi connectivity index (χ1v) is 3.99. The highest BCUT2D eigenvalue weighted by Gasteiger charge is 1.98. The molecule has 0 aliphatic rings. The van der Waals surface area contributed by atoms with Crippen molar-refractivity contribution in [1.82, 2.24) is 14.8 Å². The normalized spacial score (nSPS) is 10.2. The van der Waals surface area contributed by atoms with Gasteiger partial charge in [-0.3, -0.25) is 4.68 Å². The Labute approximate surface area is 65.9 Å². The van der Waals surface area contributed by atoms with Crippen molar-refractivity contribution in [1.29, 1.82) is 0 Å². The van der Waals surface area contributed by atoms with Gasteiger partial charge in [0.2, 0.25) is 0 Å². The molecule has 1 aromatic rings. The fraction of sp³-hybridized carbons (Fsp3) is 0.667. The van der Waals surface area contributed by atoms with Gasteiger partial charge in [0.1, 0.15) is 12.2 Å². The van der Waals surface area contributed by atoms with E-state index in [4.69, 9.17) is 0 Å². The molecule has 56 valence electrons. The van der Waals surface area contributed by atoms with Gasteiger partial charge in [0, 0.05) is 13.0 Å². The number of rotatable bonds is 3. The molecule has 0 spiro atoms. The summed E-state index contributed by atoms with van der Waals surface area (Å²) in [5, 5.41) is 4.02. The second kappa shape index (κ2) is 3.61. The van der Waals surface area contributed by atoms with Gasteiger partial charge >= 0.3 is 0 Å². The maximum Gasteiger partial charge on any atom is 0.138 e. The molecule has 0 saturated heterocycles. The average Bonchev–Trinajstić information content (AvgIpc) is 2.36. The SMILES string of the molecule is CCn1ncnc1CCS. The molecule has 0 N–H and O–H groups in total. The third kappa shape index (κ3) is 1.50. The van der Waals surface area contributed by atoms with Crippen molar-refractivity contribution in [3.63, 3.8) is 0 Å². The van der Waals surface area contributed by atoms with Crippen LogP contribution < -0.4 is 0 Å². The fourth-order valence-electron chi connectivity index (χ4n) is 0.846. The summed E-state index contributed by atoms with van der Waals surface area (Å²) < 4.78 is 1.89. The minimum Gasteiger partial charge on any atom is -0.250 e. The molecule has 4 heteroatoms. The Morgan fingerprint density at radius 1 is 1.70 bits per heavy atom. The van der Waals surface area contributed by atoms with Crippen LogP contribution in [0.3, 0.4) is 0 Å². The molecule has 0 unspecified atom stereocenters. The molecule has 0 fully saturated rings. The van der Waals surface area contributed by atoms with Crippen LogP contribution in [0.25, 0.3) is 0 Å². The van der Waals surface area contributed by atoms with E-state index in [-0.39, 0.29) is 0 Å². The van der Waals surface area contributed by atoms with Crippen LogP contribution in [-0.4, -0.2) is 20.5 Å². The van der Waals surface area contributed by atoms with E-state index in [0.717, 1.165) is 24.5 Å². The van der Waals surface area contributed by atoms with Crippen LogP contribution in [0.1, 0.15) is 12.7 Å². The Morgan fingerprint density at radius 3 is 3.10 bits per heavy atom. The van der Waals surface area contributed by atoms with E-state index >= 15 is 0 Å². The summed E-state index contributed by atoms with van der Waals surface area (Å²) in [6.45, 7) is 2.94. The van der Waals surface area contributed by atoms with E-state index in [1.807, 2.05) is 4.68 Å². The van der Waals surface area contributed by atoms with Crippen LogP contribution in [0.5, 0.6) is 0 Å². The summed E-state index contributed by atoms with van der Waals surface area (Å²) in [7, 11) is 0. The zero-order valence-corrected chi connectivity index (χ0v) is 6.88. The van der Waals surface area contributed by atoms with Crippen molar-refractivity contribution in [3.05, 3.63) is 12.2 Å². The predicted octanol–water partition coefficient (Wildman–Crippen LogP) is 0.770. The number of thiol groups is 1. The van der Waals surface area contributed by atoms with Gasteiger partial charge in [0.25, 0.3) is 0 Å². The third-order valence-corrected chi connectivity index (χ3v) is 1.55. The highest BCUT2D eigenvalue weighted by atomic mass is 32.1. The van der Waals surface area contributed by atoms with Gasteiger partial charge in [-0.25, -0.2) is 4.98 Å². The monoisotopic (exact) mass is 157 g/mol. The highest BCUT2D eigenvalue weighted by Crippen LogP contribution is 1.95. The number of hydrogen-bond acceptors (Lipinski definition) is 3. The zero-order valence-electron chi connectivity index (χ0n) is 5.99. The molecule has 0 saturated carbocycles. The van der Waals surface area contributed by atoms with Crippen LogP contribution in [0, 0.1) is 0 Å². The minimum atomic E-state index is 0.832. The van der Waals surface area contributed by atoms with Gasteiger partial charge in [-0.05, 0) is 12.7 Å². The first kappa shape index (κ1) is 7.60. The lowest BCUT2D eigenvalue weighted by Gasteiger charge is -1.98. The molecule has 1 aromatic heterocycles. The Kier molecular flexibility index (Phi) is 2.74. The average molecular weight is 157 g/mol. The Morgan fingerprint density at radius 2 is 2.50 bits per heavy atom. The standard InChI is InChI=1S/C6H11N3S/c1-2-9-6(3-4-10)7-5-8-9/h5,10H,2-4H2,1H3. The summed E-state index contributed by atoms with van der Waals surface area (Å²) in [6.07, 6.45) is 2.49. The molecule has 0 aliphatic carbocycles. The molecular formula is C6H11N3S. The molecule has 0 aliphatic heterocycles. The minimum absolute atomic E-state index is 0.832. The van der Waals surface area contributed by atoms with Crippen LogP contribution in [0.2, 0.25) is 0 Å². The molecule has 0 radical (unpaired) electrons. The molecule has 0 amide bonds. The second-order valence-electron chi connectivity index (χ2n) is 1.97. The summed E-state index contributed by atoms with van der Waals surface area (Å²) >= 11 is 4.11. The first-order chi connectivity index (χ1) is 4.88. The van der Waals surface area contributed by atoms with E-state index in [0.29, 0.717) is 0 Å². The van der Waals surface area contributed by atoms with E-state index in [1.165, 1.54) is 0 Å². The molecule has 10 heavy (non-hydrogen) atoms. The van der Waals surface area contributed by atoms with Gasteiger partial charge < -0.3 is 0 Å². The highest BCUT2D eigenvalue weighted by molar-refractivity contribution is 7.80. The van der Waals surface area contributed by atoms with E-state index in [1.54, 1.807) is 6.33 Å². The molecule has 1 rings (SSSR count). The van der Waals surface area contributed by atoms with Crippen LogP contribution in [0.15, 0.2) is 6.33 Å². The van der Waals surface area contributed by atoms with Crippen molar-refractivity contribution in [2.75, 3.05) is 5.75 Å². The fourth-order valence-corrected chi connectivity index (χ4v) is 1.05. The molecule has 1 heterocycles. The van der Waals surface area contributed by atoms with Gasteiger partial charge in [0.15, 0.2) is 0 Å². The Hall–Kier alpha value is -0.510. The van der Waals surface area contributed by atoms with Gasteiger partial charge in [-0.15, -0.1) is 0 Å². The second-order valence-corrected chi connectivity index (χ2v) is 2.41. The molecule has 0 atom stereocenters. The van der Waals surface area contributed by atoms with Crippen molar-refractivity contribution in [3.8, 4) is 0 Å². The lowest BCUT2D eigenvalue weighted by Crippen LogP contribution is -2.03. The quantitative estimate of drug-likeness (QED) is 0.657. The summed E-state index contributed by atoms with van der Waals surface area (Å²) in [5.41, 5.74) is 0. The van der Waals surface area contributed by atoms with E-state index in [9.17, 15) is 0 Å². The lowest BCUT2D eigenvalue weighted by molar-refractivity contribution is 0.621. The van der Waals surface area contributed by atoms with Crippen molar-refractivity contribution in [2.45, 2.75) is 19.9 Å². The van der Waals surface area contributed by atoms with Crippen LogP contribution >= 0.6 is 12.6 Å². The van der Waals surface area contributed by atoms with Gasteiger partial charge in [0.05, 0.1) is 0 Å². The molecule has 3 nitrogen and oxygen atoms in total. The lowest BCUT2D eigenvalue weighted by atomic mass is 10.4. The first-order valence-electron chi connectivity index (χ1n) is 3.36. The Bertz CT molecular complexity index is 197. The number of hydrogen-bond donors (Lipinski definition) is 1. The topological polar surface area (TPSA) is 30.7 Å². The Balaban J connectivity index is 2.70. The number of aryl methyl sites for hydroxylation is 2. The zero-order chi connectivity index (χ0) is 7.40. The largest absolute Gasteiger partial charge is 0.250 e. The van der Waals surface area contributed by atoms with Gasteiger partial charge in [-0.2, -0.15) is 17.7 Å². The van der Waals surface area contributed by atoms with Gasteiger partial charge in [-0.1, -0.05) is 0 Å². The number of aromatic nitrogens is 3. The van der Waals surface area contributed by atoms with Crippen molar-refractivity contribution >= 4 is 12.6 Å². The number of nitrogens with zero attached hydrogens (tertiary/aromatic N) is 3. The van der Waals surface area contributed by atoms with Crippen molar-refractivity contribution in [2.24, 2.45) is 0 Å². The molecule has 0 bridgehead atoms.